The first-order chi connectivity index (χ1) is 15.4. The molecule has 2 aliphatic heterocycles. The number of nitrogens with zero attached hydrogens (tertiary/aromatic N) is 2. The summed E-state index contributed by atoms with van der Waals surface area (Å²) in [6, 6.07) is 7.53. The van der Waals surface area contributed by atoms with Gasteiger partial charge in [0.2, 0.25) is 0 Å². The summed E-state index contributed by atoms with van der Waals surface area (Å²) in [5.41, 5.74) is 3.37. The van der Waals surface area contributed by atoms with Gasteiger partial charge in [0.15, 0.2) is 0 Å². The molecule has 5 fully saturated rings. The molecular weight excluding hydrogens is 398 g/mol. The summed E-state index contributed by atoms with van der Waals surface area (Å²) in [4.78, 5) is 18.2. The maximum Gasteiger partial charge on any atom is 0.317 e. The molecule has 32 heavy (non-hydrogen) atoms. The minimum absolute atomic E-state index is 0.129. The lowest BCUT2D eigenvalue weighted by atomic mass is 9.43. The van der Waals surface area contributed by atoms with Gasteiger partial charge in [-0.2, -0.15) is 0 Å². The molecule has 2 saturated heterocycles. The Kier molecular flexibility index (Phi) is 3.96. The average molecular weight is 436 g/mol. The van der Waals surface area contributed by atoms with Crippen molar-refractivity contribution in [2.75, 3.05) is 19.6 Å². The third-order valence-corrected chi connectivity index (χ3v) is 10.4. The number of phenols is 1. The lowest BCUT2D eigenvalue weighted by molar-refractivity contribution is -0.101. The van der Waals surface area contributed by atoms with Crippen molar-refractivity contribution in [3.8, 4) is 5.75 Å². The van der Waals surface area contributed by atoms with E-state index in [-0.39, 0.29) is 17.5 Å². The van der Waals surface area contributed by atoms with Crippen LogP contribution in [0.4, 0.5) is 4.79 Å². The largest absolute Gasteiger partial charge is 0.508 e. The Morgan fingerprint density at radius 3 is 2.88 bits per heavy atom. The van der Waals surface area contributed by atoms with Crippen LogP contribution >= 0.6 is 0 Å². The number of aromatic hydroxyl groups is 1. The van der Waals surface area contributed by atoms with Gasteiger partial charge in [0.05, 0.1) is 0 Å². The second-order valence-corrected chi connectivity index (χ2v) is 12.2. The summed E-state index contributed by atoms with van der Waals surface area (Å²) in [6.45, 7) is 7.50. The van der Waals surface area contributed by atoms with Crippen molar-refractivity contribution < 1.29 is 9.90 Å². The summed E-state index contributed by atoms with van der Waals surface area (Å²) < 4.78 is 0. The smallest absolute Gasteiger partial charge is 0.317 e. The first kappa shape index (κ1) is 19.7. The van der Waals surface area contributed by atoms with Gasteiger partial charge in [-0.1, -0.05) is 6.07 Å². The van der Waals surface area contributed by atoms with Gasteiger partial charge in [-0.3, -0.25) is 4.90 Å². The molecule has 2 N–H and O–H groups in total. The molecule has 5 heteroatoms. The molecule has 6 atom stereocenters. The van der Waals surface area contributed by atoms with E-state index >= 15 is 0 Å². The summed E-state index contributed by atoms with van der Waals surface area (Å²) in [5, 5.41) is 13.7. The molecular formula is C27H37N3O2. The van der Waals surface area contributed by atoms with Crippen molar-refractivity contribution in [3.05, 3.63) is 29.3 Å². The van der Waals surface area contributed by atoms with Crippen LogP contribution in [-0.4, -0.2) is 58.7 Å². The van der Waals surface area contributed by atoms with E-state index in [1.165, 1.54) is 56.3 Å². The molecule has 5 unspecified atom stereocenters. The monoisotopic (exact) mass is 435 g/mol. The highest BCUT2D eigenvalue weighted by molar-refractivity contribution is 5.75. The van der Waals surface area contributed by atoms with Crippen molar-refractivity contribution in [2.24, 2.45) is 23.2 Å². The van der Waals surface area contributed by atoms with Gasteiger partial charge < -0.3 is 15.3 Å². The van der Waals surface area contributed by atoms with Gasteiger partial charge in [-0.15, -0.1) is 0 Å². The van der Waals surface area contributed by atoms with E-state index in [1.54, 1.807) is 0 Å². The van der Waals surface area contributed by atoms with Crippen molar-refractivity contribution in [1.29, 1.82) is 0 Å². The van der Waals surface area contributed by atoms with E-state index in [0.29, 0.717) is 35.1 Å². The predicted molar refractivity (Wildman–Crippen MR) is 124 cm³/mol. The van der Waals surface area contributed by atoms with Gasteiger partial charge >= 0.3 is 6.03 Å². The fourth-order valence-corrected chi connectivity index (χ4v) is 9.51. The minimum atomic E-state index is 0.129. The summed E-state index contributed by atoms with van der Waals surface area (Å²) >= 11 is 0. The number of amides is 2. The van der Waals surface area contributed by atoms with E-state index in [0.717, 1.165) is 25.3 Å². The molecule has 4 bridgehead atoms. The number of likely N-dealkylation sites (tertiary alicyclic amines) is 2. The average Bonchev–Trinajstić information content (AvgIpc) is 3.43. The second-order valence-electron chi connectivity index (χ2n) is 12.2. The van der Waals surface area contributed by atoms with Gasteiger partial charge in [0.1, 0.15) is 5.75 Å². The Morgan fingerprint density at radius 2 is 2.09 bits per heavy atom. The second kappa shape index (κ2) is 6.43. The van der Waals surface area contributed by atoms with Crippen LogP contribution in [0.1, 0.15) is 63.5 Å². The van der Waals surface area contributed by atoms with Crippen LogP contribution in [-0.2, 0) is 11.8 Å². The molecule has 1 aromatic rings. The number of carbonyl (C=O) groups excluding carboxylic acids is 1. The van der Waals surface area contributed by atoms with E-state index in [9.17, 15) is 9.90 Å². The molecule has 4 aliphatic carbocycles. The number of piperidine rings is 1. The standard InChI is InChI=1S/C27H37N3O2/c1-16(2)28-25(32)30-15-19-13-26-8-7-22(30)24(19)27(26)9-10-29(14-17-3-4-17)23(26)11-18-5-6-20(31)12-21(18)27/h5-6,12,16-17,19,22-24,31H,3-4,7-11,13-15H2,1-2H3,(H,28,32)/t19-,22?,23?,24?,26?,27?/m1/s1. The number of hydrogen-bond acceptors (Lipinski definition) is 3. The molecule has 7 rings (SSSR count). The lowest BCUT2D eigenvalue weighted by Gasteiger charge is -2.66. The molecule has 5 nitrogen and oxygen atoms in total. The fourth-order valence-electron chi connectivity index (χ4n) is 9.51. The number of carbonyl (C=O) groups is 1. The number of benzene rings is 1. The molecule has 172 valence electrons. The van der Waals surface area contributed by atoms with Crippen LogP contribution < -0.4 is 5.32 Å². The lowest BCUT2D eigenvalue weighted by Crippen LogP contribution is -2.70. The maximum atomic E-state index is 13.1. The van der Waals surface area contributed by atoms with Crippen LogP contribution in [0, 0.1) is 23.2 Å². The van der Waals surface area contributed by atoms with Gasteiger partial charge in [0.25, 0.3) is 0 Å². The van der Waals surface area contributed by atoms with Crippen molar-refractivity contribution in [2.45, 2.75) is 82.3 Å². The summed E-state index contributed by atoms with van der Waals surface area (Å²) in [7, 11) is 0. The Morgan fingerprint density at radius 1 is 1.25 bits per heavy atom. The number of nitrogens with one attached hydrogen (secondary N) is 1. The number of hydrogen-bond donors (Lipinski definition) is 2. The highest BCUT2D eigenvalue weighted by atomic mass is 16.3. The first-order valence-corrected chi connectivity index (χ1v) is 13.1. The molecule has 2 heterocycles. The summed E-state index contributed by atoms with van der Waals surface area (Å²) in [6.07, 6.45) is 8.82. The highest BCUT2D eigenvalue weighted by Gasteiger charge is 2.76. The van der Waals surface area contributed by atoms with Crippen molar-refractivity contribution >= 4 is 6.03 Å². The van der Waals surface area contributed by atoms with Crippen LogP contribution in [0.25, 0.3) is 0 Å². The van der Waals surface area contributed by atoms with Gasteiger partial charge in [0, 0.05) is 36.6 Å². The Bertz CT molecular complexity index is 974. The zero-order chi connectivity index (χ0) is 21.8. The predicted octanol–water partition coefficient (Wildman–Crippen LogP) is 3.89. The summed E-state index contributed by atoms with van der Waals surface area (Å²) in [5.74, 6) is 2.48. The molecule has 6 aliphatic rings. The normalized spacial score (nSPS) is 41.5. The van der Waals surface area contributed by atoms with Crippen LogP contribution in [0.15, 0.2) is 18.2 Å². The van der Waals surface area contributed by atoms with Crippen molar-refractivity contribution in [3.63, 3.8) is 0 Å². The van der Waals surface area contributed by atoms with E-state index < -0.39 is 0 Å². The van der Waals surface area contributed by atoms with E-state index in [4.69, 9.17) is 0 Å². The van der Waals surface area contributed by atoms with Crippen molar-refractivity contribution in [1.82, 2.24) is 15.1 Å². The quantitative estimate of drug-likeness (QED) is 0.757. The minimum Gasteiger partial charge on any atom is -0.508 e. The number of phenolic OH excluding ortho intramolecular Hbond substituents is 1. The third-order valence-electron chi connectivity index (χ3n) is 10.4. The molecule has 0 spiro atoms. The number of urea groups is 1. The molecule has 0 aromatic heterocycles. The molecule has 0 radical (unpaired) electrons. The fraction of sp³-hybridized carbons (Fsp3) is 0.741. The maximum absolute atomic E-state index is 13.1. The Hall–Kier alpha value is -1.75. The van der Waals surface area contributed by atoms with Gasteiger partial charge in [-0.25, -0.2) is 4.79 Å². The Balaban J connectivity index is 1.35. The highest BCUT2D eigenvalue weighted by Crippen LogP contribution is 2.75. The van der Waals surface area contributed by atoms with Gasteiger partial charge in [-0.05, 0) is 112 Å². The first-order valence-electron chi connectivity index (χ1n) is 13.1. The van der Waals surface area contributed by atoms with Crippen LogP contribution in [0.5, 0.6) is 5.75 Å². The topological polar surface area (TPSA) is 55.8 Å². The number of rotatable bonds is 3. The number of fused-ring (bicyclic) bond motifs is 1. The molecule has 1 aromatic carbocycles. The third kappa shape index (κ3) is 2.36. The SMILES string of the molecule is CC(C)NC(=O)N1C[C@H]2CC34CCC1C2C31CCN(CC2CC2)C4Cc2ccc(O)cc21. The molecule has 3 saturated carbocycles. The van der Waals surface area contributed by atoms with Crippen LogP contribution in [0.3, 0.4) is 0 Å². The van der Waals surface area contributed by atoms with E-state index in [2.05, 4.69) is 41.1 Å². The Labute approximate surface area is 191 Å². The zero-order valence-electron chi connectivity index (χ0n) is 19.5. The molecule has 2 amide bonds. The zero-order valence-corrected chi connectivity index (χ0v) is 19.5. The van der Waals surface area contributed by atoms with E-state index in [1.807, 2.05) is 6.07 Å². The van der Waals surface area contributed by atoms with Crippen LogP contribution in [0.2, 0.25) is 0 Å².